The Bertz CT molecular complexity index is 1660. The van der Waals surface area contributed by atoms with E-state index in [0.717, 1.165) is 10.9 Å². The van der Waals surface area contributed by atoms with Gasteiger partial charge in [0.25, 0.3) is 11.3 Å². The summed E-state index contributed by atoms with van der Waals surface area (Å²) in [6.45, 7) is 12.9. The molecule has 0 unspecified atom stereocenters. The number of ether oxygens (including phenoxy) is 2. The van der Waals surface area contributed by atoms with Gasteiger partial charge in [0.05, 0.1) is 5.69 Å². The molecule has 4 rings (SSSR count). The van der Waals surface area contributed by atoms with Crippen LogP contribution in [0.5, 0.6) is 0 Å². The normalized spacial score (nSPS) is 12.0. The van der Waals surface area contributed by atoms with E-state index >= 15 is 0 Å². The maximum absolute atomic E-state index is 13.4. The number of pyridine rings is 2. The van der Waals surface area contributed by atoms with Gasteiger partial charge in [-0.2, -0.15) is 5.10 Å². The van der Waals surface area contributed by atoms with Gasteiger partial charge in [0.2, 0.25) is 0 Å². The monoisotopic (exact) mass is 597 g/mol. The van der Waals surface area contributed by atoms with E-state index < -0.39 is 37.1 Å². The van der Waals surface area contributed by atoms with Gasteiger partial charge < -0.3 is 24.4 Å². The molecule has 0 fully saturated rings. The lowest BCUT2D eigenvalue weighted by molar-refractivity contribution is 0.0587. The first-order chi connectivity index (χ1) is 19.6. The van der Waals surface area contributed by atoms with Crippen molar-refractivity contribution in [2.75, 3.05) is 23.9 Å². The van der Waals surface area contributed by atoms with Crippen molar-refractivity contribution in [2.24, 2.45) is 0 Å². The number of carboxylic acids is 1. The summed E-state index contributed by atoms with van der Waals surface area (Å²) in [4.78, 5) is 43.5. The molecular formula is C27H35N7O7Si. The van der Waals surface area contributed by atoms with Crippen LogP contribution in [-0.4, -0.2) is 69.0 Å². The van der Waals surface area contributed by atoms with Crippen LogP contribution in [0.2, 0.25) is 25.7 Å². The van der Waals surface area contributed by atoms with Crippen molar-refractivity contribution in [3.63, 3.8) is 0 Å². The molecule has 0 aliphatic carbocycles. The second kappa shape index (κ2) is 11.8. The number of carboxylic acid groups (broad SMARTS) is 1. The van der Waals surface area contributed by atoms with E-state index in [0.29, 0.717) is 12.4 Å². The van der Waals surface area contributed by atoms with Gasteiger partial charge in [0.1, 0.15) is 29.4 Å². The Kier molecular flexibility index (Phi) is 8.54. The number of aromatic carboxylic acids is 1. The van der Waals surface area contributed by atoms with Crippen LogP contribution in [0.15, 0.2) is 46.0 Å². The van der Waals surface area contributed by atoms with Gasteiger partial charge in [0.15, 0.2) is 11.3 Å². The zero-order valence-electron chi connectivity index (χ0n) is 24.7. The fraction of sp³-hybridized carbons (Fsp3) is 0.407. The molecule has 0 saturated carbocycles. The van der Waals surface area contributed by atoms with Crippen LogP contribution < -0.4 is 15.8 Å². The molecule has 14 nitrogen and oxygen atoms in total. The maximum Gasteiger partial charge on any atom is 0.414 e. The molecule has 4 aromatic rings. The van der Waals surface area contributed by atoms with Gasteiger partial charge in [-0.3, -0.25) is 14.3 Å². The van der Waals surface area contributed by atoms with Gasteiger partial charge in [-0.1, -0.05) is 24.8 Å². The van der Waals surface area contributed by atoms with Crippen LogP contribution in [0.1, 0.15) is 31.3 Å². The number of hydrogen-bond donors (Lipinski definition) is 2. The Morgan fingerprint density at radius 2 is 1.90 bits per heavy atom. The first-order valence-corrected chi connectivity index (χ1v) is 16.9. The van der Waals surface area contributed by atoms with E-state index in [9.17, 15) is 19.5 Å². The molecule has 0 aromatic carbocycles. The summed E-state index contributed by atoms with van der Waals surface area (Å²) in [6.07, 6.45) is 2.60. The molecule has 15 heteroatoms. The third kappa shape index (κ3) is 7.22. The predicted molar refractivity (Wildman–Crippen MR) is 159 cm³/mol. The molecule has 0 aliphatic heterocycles. The fourth-order valence-corrected chi connectivity index (χ4v) is 4.55. The second-order valence-corrected chi connectivity index (χ2v) is 17.5. The van der Waals surface area contributed by atoms with Gasteiger partial charge in [0, 0.05) is 46.3 Å². The number of carbonyl (C=O) groups excluding carboxylic acids is 1. The van der Waals surface area contributed by atoms with Crippen LogP contribution in [-0.2, 0) is 16.2 Å². The topological polar surface area (TPSA) is 167 Å². The number of nitrogens with zero attached hydrogens (tertiary/aromatic N) is 6. The quantitative estimate of drug-likeness (QED) is 0.192. The van der Waals surface area contributed by atoms with Crippen molar-refractivity contribution in [1.29, 1.82) is 0 Å². The van der Waals surface area contributed by atoms with Gasteiger partial charge in [-0.05, 0) is 38.9 Å². The molecule has 0 atom stereocenters. The number of amides is 1. The minimum atomic E-state index is -1.39. The number of rotatable bonds is 10. The van der Waals surface area contributed by atoms with E-state index in [1.54, 1.807) is 56.0 Å². The van der Waals surface area contributed by atoms with E-state index in [4.69, 9.17) is 14.0 Å². The van der Waals surface area contributed by atoms with Gasteiger partial charge in [-0.15, -0.1) is 0 Å². The van der Waals surface area contributed by atoms with Crippen LogP contribution in [0.3, 0.4) is 0 Å². The Labute approximate surface area is 242 Å². The minimum Gasteiger partial charge on any atom is -0.475 e. The van der Waals surface area contributed by atoms with E-state index in [-0.39, 0.29) is 35.0 Å². The fourth-order valence-electron chi connectivity index (χ4n) is 3.79. The highest BCUT2D eigenvalue weighted by atomic mass is 28.3. The highest BCUT2D eigenvalue weighted by Gasteiger charge is 2.27. The summed E-state index contributed by atoms with van der Waals surface area (Å²) >= 11 is 0. The van der Waals surface area contributed by atoms with Crippen molar-refractivity contribution in [2.45, 2.75) is 58.8 Å². The zero-order valence-corrected chi connectivity index (χ0v) is 25.7. The molecule has 0 saturated heterocycles. The van der Waals surface area contributed by atoms with E-state index in [1.165, 1.54) is 17.7 Å². The molecule has 224 valence electrons. The molecule has 0 aliphatic rings. The van der Waals surface area contributed by atoms with Gasteiger partial charge >= 0.3 is 12.1 Å². The first-order valence-electron chi connectivity index (χ1n) is 13.2. The summed E-state index contributed by atoms with van der Waals surface area (Å²) < 4.78 is 19.2. The Morgan fingerprint density at radius 3 is 2.57 bits per heavy atom. The summed E-state index contributed by atoms with van der Waals surface area (Å²) in [5.74, 6) is -1.45. The molecule has 0 bridgehead atoms. The van der Waals surface area contributed by atoms with Crippen molar-refractivity contribution < 1.29 is 28.7 Å². The minimum absolute atomic E-state index is 0.0365. The molecule has 0 radical (unpaired) electrons. The van der Waals surface area contributed by atoms with E-state index in [1.807, 2.05) is 0 Å². The van der Waals surface area contributed by atoms with Crippen LogP contribution in [0.25, 0.3) is 16.9 Å². The second-order valence-electron chi connectivity index (χ2n) is 11.9. The summed E-state index contributed by atoms with van der Waals surface area (Å²) in [6, 6.07) is 7.38. The summed E-state index contributed by atoms with van der Waals surface area (Å²) in [7, 11) is 0.237. The van der Waals surface area contributed by atoms with Crippen LogP contribution in [0, 0.1) is 0 Å². The summed E-state index contributed by atoms with van der Waals surface area (Å²) in [5.41, 5.74) is -0.996. The zero-order chi connectivity index (χ0) is 30.8. The Balaban J connectivity index is 1.63. The lowest BCUT2D eigenvalue weighted by Gasteiger charge is -2.25. The lowest BCUT2D eigenvalue weighted by atomic mass is 10.2. The van der Waals surface area contributed by atoms with Crippen molar-refractivity contribution in [3.8, 4) is 5.82 Å². The van der Waals surface area contributed by atoms with Crippen LogP contribution >= 0.6 is 0 Å². The number of hydrogen-bond acceptors (Lipinski definition) is 10. The molecule has 42 heavy (non-hydrogen) atoms. The lowest BCUT2D eigenvalue weighted by Crippen LogP contribution is -2.34. The third-order valence-electron chi connectivity index (χ3n) is 5.94. The Hall–Kier alpha value is -4.50. The van der Waals surface area contributed by atoms with Gasteiger partial charge in [-0.25, -0.2) is 19.3 Å². The standard InChI is InChI=1S/C27H35N7O7Si/c1-27(2,3)40-26(38)32(4)18-15-19(29-22-21(18)31-41-23(22)25(36)37)28-17-9-8-11-34(24(17)35)20-10-12-33(30-20)16-39-13-14-42(5,6)7/h8-12,15H,13-14,16H2,1-7H3,(H,28,29)(H,36,37). The highest BCUT2D eigenvalue weighted by Crippen LogP contribution is 2.31. The van der Waals surface area contributed by atoms with Crippen molar-refractivity contribution >= 4 is 48.4 Å². The smallest absolute Gasteiger partial charge is 0.414 e. The van der Waals surface area contributed by atoms with Crippen molar-refractivity contribution in [3.05, 3.63) is 52.8 Å². The number of fused-ring (bicyclic) bond motifs is 1. The highest BCUT2D eigenvalue weighted by molar-refractivity contribution is 6.76. The molecule has 0 spiro atoms. The number of carbonyl (C=O) groups is 2. The third-order valence-corrected chi connectivity index (χ3v) is 7.65. The molecule has 2 N–H and O–H groups in total. The largest absolute Gasteiger partial charge is 0.475 e. The van der Waals surface area contributed by atoms with Crippen molar-refractivity contribution in [1.82, 2.24) is 24.5 Å². The van der Waals surface area contributed by atoms with E-state index in [2.05, 4.69) is 40.2 Å². The summed E-state index contributed by atoms with van der Waals surface area (Å²) in [5, 5.41) is 20.8. The first kappa shape index (κ1) is 30.5. The average Bonchev–Trinajstić information content (AvgIpc) is 3.53. The molecule has 4 heterocycles. The number of aromatic nitrogens is 5. The number of nitrogens with one attached hydrogen (secondary N) is 1. The maximum atomic E-state index is 13.4. The SMILES string of the molecule is CN(C(=O)OC(C)(C)C)c1cc(Nc2cccn(-c3ccn(COCC[Si](C)(C)C)n3)c2=O)nc2c(C(=O)O)onc12. The molecular weight excluding hydrogens is 562 g/mol. The molecule has 4 aromatic heterocycles. The number of anilines is 3. The van der Waals surface area contributed by atoms with Crippen LogP contribution in [0.4, 0.5) is 22.0 Å². The average molecular weight is 598 g/mol. The molecule has 1 amide bonds. The Morgan fingerprint density at radius 1 is 1.17 bits per heavy atom. The predicted octanol–water partition coefficient (Wildman–Crippen LogP) is 4.70.